The number of hydrogen-bond acceptors (Lipinski definition) is 2. The van der Waals surface area contributed by atoms with E-state index >= 15 is 0 Å². The molecule has 1 aromatic heterocycles. The molecule has 1 aliphatic rings. The molecule has 3 rings (SSSR count). The maximum Gasteiger partial charge on any atom is 0.0702 e. The molecule has 0 radical (unpaired) electrons. The molecule has 1 saturated carbocycles. The first-order chi connectivity index (χ1) is 10.2. The Kier molecular flexibility index (Phi) is 4.32. The molecule has 0 bridgehead atoms. The highest BCUT2D eigenvalue weighted by molar-refractivity contribution is 6.30. The average Bonchev–Trinajstić information content (AvgIpc) is 3.21. The van der Waals surface area contributed by atoms with Gasteiger partial charge in [-0.3, -0.25) is 4.68 Å². The van der Waals surface area contributed by atoms with Crippen LogP contribution in [0.2, 0.25) is 5.02 Å². The lowest BCUT2D eigenvalue weighted by molar-refractivity contribution is 0.688. The second kappa shape index (κ2) is 6.20. The first kappa shape index (κ1) is 14.6. The van der Waals surface area contributed by atoms with E-state index in [4.69, 9.17) is 11.6 Å². The Morgan fingerprint density at radius 2 is 2.14 bits per heavy atom. The molecule has 1 aliphatic carbocycles. The Bertz CT molecular complexity index is 629. The predicted molar refractivity (Wildman–Crippen MR) is 87.5 cm³/mol. The highest BCUT2D eigenvalue weighted by Crippen LogP contribution is 2.30. The molecule has 1 N–H and O–H groups in total. The van der Waals surface area contributed by atoms with Gasteiger partial charge in [0.2, 0.25) is 0 Å². The van der Waals surface area contributed by atoms with Crippen molar-refractivity contribution in [2.75, 3.05) is 0 Å². The van der Waals surface area contributed by atoms with Gasteiger partial charge in [0.25, 0.3) is 0 Å². The van der Waals surface area contributed by atoms with Gasteiger partial charge in [-0.05, 0) is 42.5 Å². The van der Waals surface area contributed by atoms with Crippen LogP contribution >= 0.6 is 11.6 Å². The number of aryl methyl sites for hydroxylation is 2. The van der Waals surface area contributed by atoms with Crippen molar-refractivity contribution >= 4 is 11.6 Å². The van der Waals surface area contributed by atoms with Gasteiger partial charge in [0, 0.05) is 36.4 Å². The minimum absolute atomic E-state index is 0.695. The van der Waals surface area contributed by atoms with Crippen LogP contribution in [-0.4, -0.2) is 15.8 Å². The number of halogens is 1. The van der Waals surface area contributed by atoms with Gasteiger partial charge in [0.1, 0.15) is 0 Å². The van der Waals surface area contributed by atoms with Gasteiger partial charge in [0.05, 0.1) is 5.69 Å². The number of aromatic nitrogens is 2. The SMILES string of the molecule is CCCc1nn(C)cc1-c1ccc(Cl)cc1CNC1CC1. The fourth-order valence-electron chi connectivity index (χ4n) is 2.69. The van der Waals surface area contributed by atoms with E-state index < -0.39 is 0 Å². The Morgan fingerprint density at radius 3 is 2.86 bits per heavy atom. The summed E-state index contributed by atoms with van der Waals surface area (Å²) in [6, 6.07) is 6.87. The molecule has 0 atom stereocenters. The lowest BCUT2D eigenvalue weighted by atomic mass is 9.98. The van der Waals surface area contributed by atoms with Gasteiger partial charge in [-0.25, -0.2) is 0 Å². The smallest absolute Gasteiger partial charge is 0.0702 e. The van der Waals surface area contributed by atoms with Gasteiger partial charge in [-0.15, -0.1) is 0 Å². The van der Waals surface area contributed by atoms with E-state index in [0.29, 0.717) is 6.04 Å². The van der Waals surface area contributed by atoms with E-state index in [1.54, 1.807) is 0 Å². The topological polar surface area (TPSA) is 29.9 Å². The number of benzene rings is 1. The Morgan fingerprint density at radius 1 is 1.33 bits per heavy atom. The van der Waals surface area contributed by atoms with Crippen LogP contribution < -0.4 is 5.32 Å². The molecule has 0 saturated heterocycles. The zero-order valence-corrected chi connectivity index (χ0v) is 13.5. The van der Waals surface area contributed by atoms with Crippen LogP contribution in [0.1, 0.15) is 37.4 Å². The van der Waals surface area contributed by atoms with Crippen molar-refractivity contribution in [3.8, 4) is 11.1 Å². The van der Waals surface area contributed by atoms with Crippen LogP contribution in [0.5, 0.6) is 0 Å². The largest absolute Gasteiger partial charge is 0.310 e. The monoisotopic (exact) mass is 303 g/mol. The third-order valence-corrected chi connectivity index (χ3v) is 4.14. The summed E-state index contributed by atoms with van der Waals surface area (Å²) in [6.45, 7) is 3.07. The summed E-state index contributed by atoms with van der Waals surface area (Å²) < 4.78 is 1.91. The van der Waals surface area contributed by atoms with Gasteiger partial charge >= 0.3 is 0 Å². The summed E-state index contributed by atoms with van der Waals surface area (Å²) in [7, 11) is 1.99. The van der Waals surface area contributed by atoms with Gasteiger partial charge < -0.3 is 5.32 Å². The average molecular weight is 304 g/mol. The van der Waals surface area contributed by atoms with Gasteiger partial charge in [-0.2, -0.15) is 5.10 Å². The second-order valence-electron chi connectivity index (χ2n) is 5.87. The minimum Gasteiger partial charge on any atom is -0.310 e. The summed E-state index contributed by atoms with van der Waals surface area (Å²) in [5, 5.41) is 8.99. The Labute approximate surface area is 131 Å². The zero-order chi connectivity index (χ0) is 14.8. The van der Waals surface area contributed by atoms with E-state index in [0.717, 1.165) is 24.4 Å². The Balaban J connectivity index is 1.95. The molecule has 0 spiro atoms. The molecule has 1 heterocycles. The lowest BCUT2D eigenvalue weighted by Crippen LogP contribution is -2.16. The van der Waals surface area contributed by atoms with Crippen molar-refractivity contribution in [2.24, 2.45) is 7.05 Å². The number of hydrogen-bond donors (Lipinski definition) is 1. The van der Waals surface area contributed by atoms with E-state index in [1.807, 2.05) is 17.8 Å². The van der Waals surface area contributed by atoms with Crippen molar-refractivity contribution in [3.63, 3.8) is 0 Å². The molecule has 2 aromatic rings. The normalized spacial score (nSPS) is 14.6. The highest BCUT2D eigenvalue weighted by Gasteiger charge is 2.21. The van der Waals surface area contributed by atoms with E-state index in [2.05, 4.69) is 35.7 Å². The standard InChI is InChI=1S/C17H22ClN3/c1-3-4-17-16(11-21(2)20-17)15-8-5-13(18)9-12(15)10-19-14-6-7-14/h5,8-9,11,14,19H,3-4,6-7,10H2,1-2H3. The van der Waals surface area contributed by atoms with Crippen LogP contribution in [0.25, 0.3) is 11.1 Å². The van der Waals surface area contributed by atoms with Gasteiger partial charge in [-0.1, -0.05) is 31.0 Å². The van der Waals surface area contributed by atoms with Crippen LogP contribution in [-0.2, 0) is 20.0 Å². The molecule has 112 valence electrons. The molecule has 0 unspecified atom stereocenters. The van der Waals surface area contributed by atoms with Crippen molar-refractivity contribution in [2.45, 2.75) is 45.2 Å². The molecule has 0 aliphatic heterocycles. The highest BCUT2D eigenvalue weighted by atomic mass is 35.5. The van der Waals surface area contributed by atoms with Crippen LogP contribution in [0, 0.1) is 0 Å². The number of rotatable bonds is 6. The number of nitrogens with zero attached hydrogens (tertiary/aromatic N) is 2. The fraction of sp³-hybridized carbons (Fsp3) is 0.471. The van der Waals surface area contributed by atoms with Crippen LogP contribution in [0.4, 0.5) is 0 Å². The summed E-state index contributed by atoms with van der Waals surface area (Å²) in [4.78, 5) is 0. The predicted octanol–water partition coefficient (Wildman–Crippen LogP) is 3.95. The summed E-state index contributed by atoms with van der Waals surface area (Å²) in [6.07, 6.45) is 6.82. The molecule has 21 heavy (non-hydrogen) atoms. The molecule has 4 heteroatoms. The van der Waals surface area contributed by atoms with Crippen LogP contribution in [0.3, 0.4) is 0 Å². The molecule has 1 fully saturated rings. The van der Waals surface area contributed by atoms with Crippen molar-refractivity contribution in [1.82, 2.24) is 15.1 Å². The third kappa shape index (κ3) is 3.47. The summed E-state index contributed by atoms with van der Waals surface area (Å²) in [5.41, 5.74) is 4.93. The maximum absolute atomic E-state index is 6.19. The minimum atomic E-state index is 0.695. The molecule has 1 aromatic carbocycles. The van der Waals surface area contributed by atoms with Crippen molar-refractivity contribution < 1.29 is 0 Å². The molecule has 3 nitrogen and oxygen atoms in total. The van der Waals surface area contributed by atoms with Crippen LogP contribution in [0.15, 0.2) is 24.4 Å². The first-order valence-corrected chi connectivity index (χ1v) is 8.10. The van der Waals surface area contributed by atoms with E-state index in [9.17, 15) is 0 Å². The van der Waals surface area contributed by atoms with Crippen molar-refractivity contribution in [3.05, 3.63) is 40.7 Å². The third-order valence-electron chi connectivity index (χ3n) is 3.91. The van der Waals surface area contributed by atoms with Gasteiger partial charge in [0.15, 0.2) is 0 Å². The lowest BCUT2D eigenvalue weighted by Gasteiger charge is -2.11. The summed E-state index contributed by atoms with van der Waals surface area (Å²) >= 11 is 6.19. The fourth-order valence-corrected chi connectivity index (χ4v) is 2.89. The molecular formula is C17H22ClN3. The maximum atomic E-state index is 6.19. The molecule has 0 amide bonds. The molecular weight excluding hydrogens is 282 g/mol. The quantitative estimate of drug-likeness (QED) is 0.876. The van der Waals surface area contributed by atoms with Crippen molar-refractivity contribution in [1.29, 1.82) is 0 Å². The second-order valence-corrected chi connectivity index (χ2v) is 6.31. The van der Waals surface area contributed by atoms with E-state index in [-0.39, 0.29) is 0 Å². The number of nitrogens with one attached hydrogen (secondary N) is 1. The Hall–Kier alpha value is -1.32. The summed E-state index contributed by atoms with van der Waals surface area (Å²) in [5.74, 6) is 0. The van der Waals surface area contributed by atoms with E-state index in [1.165, 1.54) is 35.2 Å². The first-order valence-electron chi connectivity index (χ1n) is 7.72. The zero-order valence-electron chi connectivity index (χ0n) is 12.7.